The van der Waals surface area contributed by atoms with Gasteiger partial charge < -0.3 is 15.1 Å². The normalized spacial score (nSPS) is 12.1. The number of aromatic nitrogens is 1. The molecule has 7 heteroatoms. The van der Waals surface area contributed by atoms with Crippen molar-refractivity contribution in [3.63, 3.8) is 0 Å². The van der Waals surface area contributed by atoms with Crippen LogP contribution in [0.5, 0.6) is 0 Å². The Morgan fingerprint density at radius 3 is 2.79 bits per heavy atom. The lowest BCUT2D eigenvalue weighted by molar-refractivity contribution is -0.120. The number of nitrogens with zero attached hydrogens (tertiary/aromatic N) is 1. The van der Waals surface area contributed by atoms with Gasteiger partial charge in [0, 0.05) is 17.1 Å². The summed E-state index contributed by atoms with van der Waals surface area (Å²) in [6, 6.07) is 7.41. The first kappa shape index (κ1) is 18.8. The molecule has 0 bridgehead atoms. The number of oxazole rings is 1. The molecule has 0 fully saturated rings. The van der Waals surface area contributed by atoms with Crippen LogP contribution in [0.3, 0.4) is 0 Å². The number of rotatable bonds is 9. The fourth-order valence-electron chi connectivity index (χ4n) is 2.02. The molecule has 1 amide bonds. The second-order valence-electron chi connectivity index (χ2n) is 5.33. The van der Waals surface area contributed by atoms with Crippen LogP contribution in [-0.4, -0.2) is 36.3 Å². The number of halogens is 1. The van der Waals surface area contributed by atoms with E-state index in [0.29, 0.717) is 29.0 Å². The number of thioether (sulfide) groups is 1. The van der Waals surface area contributed by atoms with Crippen molar-refractivity contribution in [3.8, 4) is 11.3 Å². The van der Waals surface area contributed by atoms with Gasteiger partial charge in [0.15, 0.2) is 5.76 Å². The lowest BCUT2D eigenvalue weighted by Gasteiger charge is -2.10. The smallest absolute Gasteiger partial charge is 0.232 e. The predicted octanol–water partition coefficient (Wildman–Crippen LogP) is 3.34. The van der Waals surface area contributed by atoms with Crippen molar-refractivity contribution >= 4 is 29.3 Å². The second kappa shape index (κ2) is 9.71. The zero-order valence-electron chi connectivity index (χ0n) is 13.8. The maximum Gasteiger partial charge on any atom is 0.232 e. The molecule has 0 saturated carbocycles. The van der Waals surface area contributed by atoms with Crippen LogP contribution in [0.15, 0.2) is 34.9 Å². The third-order valence-electron chi connectivity index (χ3n) is 3.41. The average molecular weight is 368 g/mol. The Morgan fingerprint density at radius 1 is 1.33 bits per heavy atom. The number of carbonyl (C=O) groups is 1. The molecular weight excluding hydrogens is 346 g/mol. The van der Waals surface area contributed by atoms with E-state index in [9.17, 15) is 4.79 Å². The lowest BCUT2D eigenvalue weighted by atomic mass is 10.2. The van der Waals surface area contributed by atoms with Gasteiger partial charge in [-0.25, -0.2) is 4.98 Å². The molecule has 0 radical (unpaired) electrons. The molecule has 2 rings (SSSR count). The molecule has 5 nitrogen and oxygen atoms in total. The van der Waals surface area contributed by atoms with E-state index in [1.54, 1.807) is 6.20 Å². The van der Waals surface area contributed by atoms with Gasteiger partial charge in [-0.05, 0) is 51.2 Å². The molecule has 1 atom stereocenters. The van der Waals surface area contributed by atoms with Gasteiger partial charge in [-0.15, -0.1) is 11.8 Å². The van der Waals surface area contributed by atoms with Gasteiger partial charge in [-0.1, -0.05) is 11.6 Å². The van der Waals surface area contributed by atoms with Crippen molar-refractivity contribution in [2.24, 2.45) is 0 Å². The maximum atomic E-state index is 12.0. The first-order valence-electron chi connectivity index (χ1n) is 7.84. The summed E-state index contributed by atoms with van der Waals surface area (Å²) in [6.07, 6.45) is 2.62. The number of carbonyl (C=O) groups excluding carboxylic acids is 1. The Hall–Kier alpha value is -1.50. The topological polar surface area (TPSA) is 67.2 Å². The predicted molar refractivity (Wildman–Crippen MR) is 99.3 cm³/mol. The second-order valence-corrected chi connectivity index (χ2v) is 7.09. The van der Waals surface area contributed by atoms with Crippen molar-refractivity contribution in [1.82, 2.24) is 15.6 Å². The summed E-state index contributed by atoms with van der Waals surface area (Å²) in [5.41, 5.74) is 0.929. The average Bonchev–Trinajstić information content (AvgIpc) is 3.06. The van der Waals surface area contributed by atoms with E-state index < -0.39 is 0 Å². The van der Waals surface area contributed by atoms with Crippen LogP contribution in [0.1, 0.15) is 19.2 Å². The Morgan fingerprint density at radius 2 is 2.08 bits per heavy atom. The zero-order valence-corrected chi connectivity index (χ0v) is 15.4. The van der Waals surface area contributed by atoms with Gasteiger partial charge >= 0.3 is 0 Å². The molecular formula is C17H22ClN3O2S. The van der Waals surface area contributed by atoms with E-state index in [4.69, 9.17) is 16.0 Å². The van der Waals surface area contributed by atoms with Gasteiger partial charge in [0.2, 0.25) is 11.8 Å². The summed E-state index contributed by atoms with van der Waals surface area (Å²) in [6.45, 7) is 3.47. The molecule has 1 unspecified atom stereocenters. The molecule has 1 heterocycles. The summed E-state index contributed by atoms with van der Waals surface area (Å²) in [5, 5.41) is 6.51. The fraction of sp³-hybridized carbons (Fsp3) is 0.412. The highest BCUT2D eigenvalue weighted by atomic mass is 35.5. The largest absolute Gasteiger partial charge is 0.440 e. The summed E-state index contributed by atoms with van der Waals surface area (Å²) in [4.78, 5) is 16.2. The first-order chi connectivity index (χ1) is 11.6. The van der Waals surface area contributed by atoms with E-state index >= 15 is 0 Å². The number of amides is 1. The van der Waals surface area contributed by atoms with Crippen molar-refractivity contribution < 1.29 is 9.21 Å². The number of benzene rings is 1. The summed E-state index contributed by atoms with van der Waals surface area (Å²) >= 11 is 7.39. The lowest BCUT2D eigenvalue weighted by Crippen LogP contribution is -2.32. The molecule has 2 N–H and O–H groups in total. The van der Waals surface area contributed by atoms with Crippen LogP contribution in [0.25, 0.3) is 11.3 Å². The van der Waals surface area contributed by atoms with Gasteiger partial charge in [0.25, 0.3) is 0 Å². The van der Waals surface area contributed by atoms with Crippen LogP contribution in [-0.2, 0) is 10.5 Å². The molecule has 0 aliphatic carbocycles. The van der Waals surface area contributed by atoms with E-state index in [1.807, 2.05) is 38.2 Å². The SMILES string of the molecule is CNCCCNC(=O)C(C)SCc1ncc(-c2ccc(Cl)cc2)o1. The minimum Gasteiger partial charge on any atom is -0.440 e. The standard InChI is InChI=1S/C17H22ClN3O2S/c1-12(17(22)20-9-3-8-19-2)24-11-16-21-10-15(23-16)13-4-6-14(18)7-5-13/h4-7,10,12,19H,3,8-9,11H2,1-2H3,(H,20,22). The molecule has 24 heavy (non-hydrogen) atoms. The maximum absolute atomic E-state index is 12.0. The third kappa shape index (κ3) is 5.85. The molecule has 130 valence electrons. The van der Waals surface area contributed by atoms with E-state index in [-0.39, 0.29) is 11.2 Å². The van der Waals surface area contributed by atoms with Crippen LogP contribution >= 0.6 is 23.4 Å². The number of hydrogen-bond acceptors (Lipinski definition) is 5. The number of nitrogens with one attached hydrogen (secondary N) is 2. The molecule has 2 aromatic rings. The molecule has 0 aliphatic rings. The van der Waals surface area contributed by atoms with Crippen LogP contribution in [0.2, 0.25) is 5.02 Å². The monoisotopic (exact) mass is 367 g/mol. The molecule has 1 aromatic heterocycles. The Balaban J connectivity index is 1.80. The summed E-state index contributed by atoms with van der Waals surface area (Å²) < 4.78 is 5.74. The Kier molecular flexibility index (Phi) is 7.62. The molecule has 0 spiro atoms. The van der Waals surface area contributed by atoms with Crippen LogP contribution in [0.4, 0.5) is 0 Å². The van der Waals surface area contributed by atoms with Gasteiger partial charge in [-0.2, -0.15) is 0 Å². The summed E-state index contributed by atoms with van der Waals surface area (Å²) in [7, 11) is 1.90. The van der Waals surface area contributed by atoms with Crippen molar-refractivity contribution in [1.29, 1.82) is 0 Å². The van der Waals surface area contributed by atoms with Crippen molar-refractivity contribution in [3.05, 3.63) is 41.4 Å². The first-order valence-corrected chi connectivity index (χ1v) is 9.27. The van der Waals surface area contributed by atoms with E-state index in [0.717, 1.165) is 18.5 Å². The fourth-order valence-corrected chi connectivity index (χ4v) is 2.90. The minimum absolute atomic E-state index is 0.0422. The molecule has 1 aromatic carbocycles. The summed E-state index contributed by atoms with van der Waals surface area (Å²) in [5.74, 6) is 1.91. The van der Waals surface area contributed by atoms with Crippen molar-refractivity contribution in [2.45, 2.75) is 24.3 Å². The highest BCUT2D eigenvalue weighted by Crippen LogP contribution is 2.25. The minimum atomic E-state index is -0.148. The van der Waals surface area contributed by atoms with E-state index in [2.05, 4.69) is 15.6 Å². The highest BCUT2D eigenvalue weighted by molar-refractivity contribution is 7.99. The van der Waals surface area contributed by atoms with Crippen LogP contribution in [0, 0.1) is 0 Å². The van der Waals surface area contributed by atoms with Crippen LogP contribution < -0.4 is 10.6 Å². The van der Waals surface area contributed by atoms with Gasteiger partial charge in [0.05, 0.1) is 17.2 Å². The Bertz CT molecular complexity index is 646. The Labute approximate surface area is 151 Å². The molecule has 0 saturated heterocycles. The van der Waals surface area contributed by atoms with E-state index in [1.165, 1.54) is 11.8 Å². The number of hydrogen-bond donors (Lipinski definition) is 2. The molecule has 0 aliphatic heterocycles. The van der Waals surface area contributed by atoms with Gasteiger partial charge in [-0.3, -0.25) is 4.79 Å². The zero-order chi connectivity index (χ0) is 17.4. The quantitative estimate of drug-likeness (QED) is 0.665. The van der Waals surface area contributed by atoms with Crippen molar-refractivity contribution in [2.75, 3.05) is 20.1 Å². The van der Waals surface area contributed by atoms with Gasteiger partial charge in [0.1, 0.15) is 0 Å². The highest BCUT2D eigenvalue weighted by Gasteiger charge is 2.15. The third-order valence-corrected chi connectivity index (χ3v) is 4.79.